The second kappa shape index (κ2) is 6.06. The van der Waals surface area contributed by atoms with Gasteiger partial charge < -0.3 is 5.32 Å². The summed E-state index contributed by atoms with van der Waals surface area (Å²) >= 11 is 0. The maximum Gasteiger partial charge on any atom is 0.0749 e. The van der Waals surface area contributed by atoms with E-state index in [0.29, 0.717) is 0 Å². The molecule has 1 unspecified atom stereocenters. The minimum atomic E-state index is 0.269. The van der Waals surface area contributed by atoms with Crippen LogP contribution in [-0.2, 0) is 6.42 Å². The third-order valence-electron chi connectivity index (χ3n) is 3.91. The zero-order chi connectivity index (χ0) is 14.7. The van der Waals surface area contributed by atoms with E-state index < -0.39 is 0 Å². The van der Waals surface area contributed by atoms with E-state index in [1.54, 1.807) is 0 Å². The van der Waals surface area contributed by atoms with Gasteiger partial charge in [-0.1, -0.05) is 54.1 Å². The molecule has 0 spiro atoms. The molecule has 0 saturated carbocycles. The largest absolute Gasteiger partial charge is 0.313 e. The van der Waals surface area contributed by atoms with Gasteiger partial charge in [0.25, 0.3) is 0 Å². The van der Waals surface area contributed by atoms with Crippen LogP contribution in [0.5, 0.6) is 0 Å². The minimum Gasteiger partial charge on any atom is -0.313 e. The number of pyridine rings is 1. The highest BCUT2D eigenvalue weighted by atomic mass is 14.9. The zero-order valence-electron chi connectivity index (χ0n) is 12.5. The molecule has 1 aromatic heterocycles. The van der Waals surface area contributed by atoms with Gasteiger partial charge >= 0.3 is 0 Å². The number of hydrogen-bond acceptors (Lipinski definition) is 2. The molecule has 3 rings (SSSR count). The van der Waals surface area contributed by atoms with E-state index in [-0.39, 0.29) is 6.04 Å². The van der Waals surface area contributed by atoms with Crippen molar-refractivity contribution in [2.75, 3.05) is 7.05 Å². The average Bonchev–Trinajstić information content (AvgIpc) is 2.52. The maximum atomic E-state index is 4.57. The van der Waals surface area contributed by atoms with Crippen molar-refractivity contribution in [2.24, 2.45) is 0 Å². The van der Waals surface area contributed by atoms with Crippen LogP contribution >= 0.6 is 0 Å². The fraction of sp³-hybridized carbons (Fsp3) is 0.211. The molecule has 1 atom stereocenters. The molecule has 0 saturated heterocycles. The summed E-state index contributed by atoms with van der Waals surface area (Å²) in [4.78, 5) is 4.57. The van der Waals surface area contributed by atoms with Gasteiger partial charge in [0.15, 0.2) is 0 Å². The summed E-state index contributed by atoms with van der Waals surface area (Å²) in [7, 11) is 2.02. The SMILES string of the molecule is CNC(Cc1cccc(C)c1)c1cccc2cccnc12. The first-order chi connectivity index (χ1) is 10.3. The summed E-state index contributed by atoms with van der Waals surface area (Å²) < 4.78 is 0. The van der Waals surface area contributed by atoms with Gasteiger partial charge in [-0.05, 0) is 37.6 Å². The number of benzene rings is 2. The molecule has 1 N–H and O–H groups in total. The molecule has 2 aromatic carbocycles. The molecular weight excluding hydrogens is 256 g/mol. The smallest absolute Gasteiger partial charge is 0.0749 e. The molecule has 106 valence electrons. The molecular formula is C19H20N2. The van der Waals surface area contributed by atoms with Gasteiger partial charge in [-0.3, -0.25) is 4.98 Å². The number of fused-ring (bicyclic) bond motifs is 1. The van der Waals surface area contributed by atoms with Crippen molar-refractivity contribution in [3.05, 3.63) is 77.5 Å². The van der Waals surface area contributed by atoms with Crippen molar-refractivity contribution in [3.8, 4) is 0 Å². The number of nitrogens with zero attached hydrogens (tertiary/aromatic N) is 1. The first kappa shape index (κ1) is 13.8. The number of likely N-dealkylation sites (N-methyl/N-ethyl adjacent to an activating group) is 1. The topological polar surface area (TPSA) is 24.9 Å². The number of hydrogen-bond donors (Lipinski definition) is 1. The monoisotopic (exact) mass is 276 g/mol. The van der Waals surface area contributed by atoms with Gasteiger partial charge in [0.2, 0.25) is 0 Å². The Morgan fingerprint density at radius 1 is 1.05 bits per heavy atom. The molecule has 2 heteroatoms. The standard InChI is InChI=1S/C19H20N2/c1-14-6-3-7-15(12-14)13-18(20-2)17-10-4-8-16-9-5-11-21-19(16)17/h3-12,18,20H,13H2,1-2H3. The third kappa shape index (κ3) is 2.96. The highest BCUT2D eigenvalue weighted by Gasteiger charge is 2.13. The Balaban J connectivity index is 1.98. The fourth-order valence-corrected chi connectivity index (χ4v) is 2.85. The normalized spacial score (nSPS) is 12.5. The van der Waals surface area contributed by atoms with Crippen molar-refractivity contribution < 1.29 is 0 Å². The van der Waals surface area contributed by atoms with Crippen molar-refractivity contribution in [2.45, 2.75) is 19.4 Å². The molecule has 0 fully saturated rings. The number of para-hydroxylation sites is 1. The summed E-state index contributed by atoms with van der Waals surface area (Å²) in [5.74, 6) is 0. The van der Waals surface area contributed by atoms with Gasteiger partial charge in [-0.2, -0.15) is 0 Å². The van der Waals surface area contributed by atoms with Crippen molar-refractivity contribution in [1.82, 2.24) is 10.3 Å². The van der Waals surface area contributed by atoms with Gasteiger partial charge in [0.05, 0.1) is 5.52 Å². The van der Waals surface area contributed by atoms with Crippen molar-refractivity contribution in [1.29, 1.82) is 0 Å². The van der Waals surface area contributed by atoms with E-state index in [1.807, 2.05) is 19.3 Å². The Morgan fingerprint density at radius 2 is 1.86 bits per heavy atom. The van der Waals surface area contributed by atoms with Gasteiger partial charge in [0, 0.05) is 17.6 Å². The van der Waals surface area contributed by atoms with Crippen LogP contribution in [0.4, 0.5) is 0 Å². The summed E-state index contributed by atoms with van der Waals surface area (Å²) in [6, 6.07) is 19.5. The quantitative estimate of drug-likeness (QED) is 0.777. The Labute approximate surface area is 125 Å². The van der Waals surface area contributed by atoms with Gasteiger partial charge in [0.1, 0.15) is 0 Å². The summed E-state index contributed by atoms with van der Waals surface area (Å²) in [5, 5.41) is 4.63. The van der Waals surface area contributed by atoms with Crippen LogP contribution in [0.15, 0.2) is 60.8 Å². The Morgan fingerprint density at radius 3 is 2.67 bits per heavy atom. The molecule has 0 aliphatic rings. The number of aromatic nitrogens is 1. The van der Waals surface area contributed by atoms with Crippen LogP contribution < -0.4 is 5.32 Å². The lowest BCUT2D eigenvalue weighted by atomic mass is 9.96. The summed E-state index contributed by atoms with van der Waals surface area (Å²) in [6.07, 6.45) is 2.83. The van der Waals surface area contributed by atoms with Crippen molar-refractivity contribution in [3.63, 3.8) is 0 Å². The number of aryl methyl sites for hydroxylation is 1. The first-order valence-electron chi connectivity index (χ1n) is 7.34. The van der Waals surface area contributed by atoms with Crippen LogP contribution in [0.1, 0.15) is 22.7 Å². The highest BCUT2D eigenvalue weighted by molar-refractivity contribution is 5.82. The van der Waals surface area contributed by atoms with Crippen molar-refractivity contribution >= 4 is 10.9 Å². The average molecular weight is 276 g/mol. The van der Waals surface area contributed by atoms with Crippen LogP contribution in [0, 0.1) is 6.92 Å². The molecule has 0 bridgehead atoms. The molecule has 2 nitrogen and oxygen atoms in total. The zero-order valence-corrected chi connectivity index (χ0v) is 12.5. The minimum absolute atomic E-state index is 0.269. The Bertz CT molecular complexity index is 744. The predicted octanol–water partition coefficient (Wildman–Crippen LogP) is 4.05. The molecule has 0 radical (unpaired) electrons. The van der Waals surface area contributed by atoms with E-state index in [4.69, 9.17) is 0 Å². The molecule has 0 aliphatic carbocycles. The fourth-order valence-electron chi connectivity index (χ4n) is 2.85. The lowest BCUT2D eigenvalue weighted by molar-refractivity contribution is 0.595. The summed E-state index contributed by atoms with van der Waals surface area (Å²) in [5.41, 5.74) is 5.00. The Kier molecular flexibility index (Phi) is 3.98. The summed E-state index contributed by atoms with van der Waals surface area (Å²) in [6.45, 7) is 2.14. The number of nitrogens with one attached hydrogen (secondary N) is 1. The molecule has 0 amide bonds. The second-order valence-electron chi connectivity index (χ2n) is 5.46. The highest BCUT2D eigenvalue weighted by Crippen LogP contribution is 2.25. The molecule has 1 heterocycles. The Hall–Kier alpha value is -2.19. The van der Waals surface area contributed by atoms with Gasteiger partial charge in [-0.15, -0.1) is 0 Å². The van der Waals surface area contributed by atoms with E-state index in [2.05, 4.69) is 65.8 Å². The van der Waals surface area contributed by atoms with E-state index in [1.165, 1.54) is 22.1 Å². The van der Waals surface area contributed by atoms with Crippen LogP contribution in [0.3, 0.4) is 0 Å². The van der Waals surface area contributed by atoms with E-state index in [9.17, 15) is 0 Å². The number of rotatable bonds is 4. The first-order valence-corrected chi connectivity index (χ1v) is 7.34. The molecule has 21 heavy (non-hydrogen) atoms. The molecule has 0 aliphatic heterocycles. The van der Waals surface area contributed by atoms with Crippen LogP contribution in [0.2, 0.25) is 0 Å². The van der Waals surface area contributed by atoms with Crippen LogP contribution in [-0.4, -0.2) is 12.0 Å². The van der Waals surface area contributed by atoms with E-state index >= 15 is 0 Å². The van der Waals surface area contributed by atoms with Crippen LogP contribution in [0.25, 0.3) is 10.9 Å². The molecule has 3 aromatic rings. The lowest BCUT2D eigenvalue weighted by Crippen LogP contribution is -2.19. The van der Waals surface area contributed by atoms with E-state index in [0.717, 1.165) is 11.9 Å². The second-order valence-corrected chi connectivity index (χ2v) is 5.46. The third-order valence-corrected chi connectivity index (χ3v) is 3.91. The van der Waals surface area contributed by atoms with Gasteiger partial charge in [-0.25, -0.2) is 0 Å². The maximum absolute atomic E-state index is 4.57. The lowest BCUT2D eigenvalue weighted by Gasteiger charge is -2.18. The predicted molar refractivity (Wildman–Crippen MR) is 88.4 cm³/mol.